The summed E-state index contributed by atoms with van der Waals surface area (Å²) in [7, 11) is 0. The summed E-state index contributed by atoms with van der Waals surface area (Å²) in [4.78, 5) is 14.8. The van der Waals surface area contributed by atoms with Crippen LogP contribution in [0.1, 0.15) is 34.9 Å². The van der Waals surface area contributed by atoms with Crippen LogP contribution in [0.25, 0.3) is 5.65 Å². The monoisotopic (exact) mass is 398 g/mol. The molecule has 2 aliphatic heterocycles. The van der Waals surface area contributed by atoms with Crippen molar-refractivity contribution in [2.45, 2.75) is 18.8 Å². The Bertz CT molecular complexity index is 1040. The van der Waals surface area contributed by atoms with Crippen LogP contribution in [0.15, 0.2) is 36.5 Å². The number of halogens is 1. The molecule has 1 aromatic carbocycles. The number of amides is 1. The fourth-order valence-corrected chi connectivity index (χ4v) is 4.16. The number of carbonyl (C=O) groups is 1. The van der Waals surface area contributed by atoms with Crippen LogP contribution < -0.4 is 9.47 Å². The number of pyridine rings is 1. The first kappa shape index (κ1) is 17.3. The average Bonchev–Trinajstić information content (AvgIpc) is 3.17. The average molecular weight is 399 g/mol. The molecule has 0 atom stereocenters. The summed E-state index contributed by atoms with van der Waals surface area (Å²) in [5.74, 6) is 2.26. The first-order valence-corrected chi connectivity index (χ1v) is 9.76. The zero-order valence-electron chi connectivity index (χ0n) is 15.2. The molecule has 8 heteroatoms. The lowest BCUT2D eigenvalue weighted by molar-refractivity contribution is 0.0709. The highest BCUT2D eigenvalue weighted by molar-refractivity contribution is 6.32. The van der Waals surface area contributed by atoms with Gasteiger partial charge in [0, 0.05) is 30.8 Å². The lowest BCUT2D eigenvalue weighted by Gasteiger charge is -2.31. The molecule has 0 spiro atoms. The maximum atomic E-state index is 13.0. The van der Waals surface area contributed by atoms with Gasteiger partial charge in [-0.1, -0.05) is 17.7 Å². The third-order valence-electron chi connectivity index (χ3n) is 5.33. The zero-order chi connectivity index (χ0) is 19.1. The molecule has 0 saturated carbocycles. The summed E-state index contributed by atoms with van der Waals surface area (Å²) in [5, 5.41) is 9.01. The Balaban J connectivity index is 1.32. The van der Waals surface area contributed by atoms with Crippen molar-refractivity contribution in [2.75, 3.05) is 26.3 Å². The predicted octanol–water partition coefficient (Wildman–Crippen LogP) is 3.17. The number of aromatic nitrogens is 3. The van der Waals surface area contributed by atoms with E-state index >= 15 is 0 Å². The van der Waals surface area contributed by atoms with Gasteiger partial charge in [0.1, 0.15) is 19.0 Å². The lowest BCUT2D eigenvalue weighted by atomic mass is 9.95. The molecule has 3 aromatic rings. The van der Waals surface area contributed by atoms with Gasteiger partial charge in [-0.15, -0.1) is 10.2 Å². The SMILES string of the molecule is O=C(c1cc(Cl)c2c(c1)OCCO2)N1CCC(c2nnc3ccccn23)CC1. The summed E-state index contributed by atoms with van der Waals surface area (Å²) >= 11 is 6.28. The van der Waals surface area contributed by atoms with E-state index in [9.17, 15) is 4.79 Å². The Morgan fingerprint density at radius 1 is 1.11 bits per heavy atom. The van der Waals surface area contributed by atoms with E-state index in [1.165, 1.54) is 0 Å². The molecule has 28 heavy (non-hydrogen) atoms. The number of benzene rings is 1. The fraction of sp³-hybridized carbons (Fsp3) is 0.350. The number of hydrogen-bond donors (Lipinski definition) is 0. The van der Waals surface area contributed by atoms with Gasteiger partial charge in [-0.3, -0.25) is 9.20 Å². The van der Waals surface area contributed by atoms with Crippen LogP contribution in [-0.2, 0) is 0 Å². The molecule has 4 heterocycles. The quantitative estimate of drug-likeness (QED) is 0.663. The van der Waals surface area contributed by atoms with Crippen LogP contribution in [0.2, 0.25) is 5.02 Å². The number of rotatable bonds is 2. The molecule has 5 rings (SSSR count). The molecular weight excluding hydrogens is 380 g/mol. The molecule has 1 amide bonds. The van der Waals surface area contributed by atoms with Gasteiger partial charge in [0.25, 0.3) is 5.91 Å². The van der Waals surface area contributed by atoms with Crippen molar-refractivity contribution in [1.29, 1.82) is 0 Å². The van der Waals surface area contributed by atoms with Gasteiger partial charge in [-0.2, -0.15) is 0 Å². The van der Waals surface area contributed by atoms with E-state index in [0.717, 1.165) is 24.3 Å². The smallest absolute Gasteiger partial charge is 0.254 e. The van der Waals surface area contributed by atoms with E-state index in [4.69, 9.17) is 21.1 Å². The molecule has 0 aliphatic carbocycles. The Labute approximate surface area is 166 Å². The third-order valence-corrected chi connectivity index (χ3v) is 5.61. The molecule has 1 saturated heterocycles. The largest absolute Gasteiger partial charge is 0.486 e. The number of hydrogen-bond acceptors (Lipinski definition) is 5. The van der Waals surface area contributed by atoms with Crippen LogP contribution >= 0.6 is 11.6 Å². The Hall–Kier alpha value is -2.80. The minimum absolute atomic E-state index is 0.0385. The number of carbonyl (C=O) groups excluding carboxylic acids is 1. The van der Waals surface area contributed by atoms with Gasteiger partial charge in [0.15, 0.2) is 17.1 Å². The van der Waals surface area contributed by atoms with Crippen molar-refractivity contribution in [2.24, 2.45) is 0 Å². The number of fused-ring (bicyclic) bond motifs is 2. The Kier molecular flexibility index (Phi) is 4.31. The number of likely N-dealkylation sites (tertiary alicyclic amines) is 1. The molecule has 2 aromatic heterocycles. The van der Waals surface area contributed by atoms with Gasteiger partial charge in [0.05, 0.1) is 5.02 Å². The molecule has 0 radical (unpaired) electrons. The van der Waals surface area contributed by atoms with E-state index in [1.54, 1.807) is 12.1 Å². The topological polar surface area (TPSA) is 69.0 Å². The van der Waals surface area contributed by atoms with Crippen LogP contribution in [0.5, 0.6) is 11.5 Å². The van der Waals surface area contributed by atoms with Gasteiger partial charge in [-0.05, 0) is 37.1 Å². The van der Waals surface area contributed by atoms with Crippen LogP contribution in [0, 0.1) is 0 Å². The van der Waals surface area contributed by atoms with E-state index < -0.39 is 0 Å². The molecule has 144 valence electrons. The molecule has 0 bridgehead atoms. The van der Waals surface area contributed by atoms with Crippen molar-refractivity contribution < 1.29 is 14.3 Å². The fourth-order valence-electron chi connectivity index (χ4n) is 3.90. The maximum Gasteiger partial charge on any atom is 0.254 e. The highest BCUT2D eigenvalue weighted by Crippen LogP contribution is 2.39. The highest BCUT2D eigenvalue weighted by atomic mass is 35.5. The van der Waals surface area contributed by atoms with Crippen LogP contribution in [0.4, 0.5) is 0 Å². The molecule has 0 unspecified atom stereocenters. The predicted molar refractivity (Wildman–Crippen MR) is 103 cm³/mol. The summed E-state index contributed by atoms with van der Waals surface area (Å²) < 4.78 is 13.1. The molecule has 1 fully saturated rings. The minimum atomic E-state index is -0.0385. The number of nitrogens with zero attached hydrogens (tertiary/aromatic N) is 4. The molecular formula is C20H19ClN4O3. The summed E-state index contributed by atoms with van der Waals surface area (Å²) in [6.45, 7) is 2.25. The summed E-state index contributed by atoms with van der Waals surface area (Å²) in [5.41, 5.74) is 1.38. The minimum Gasteiger partial charge on any atom is -0.486 e. The van der Waals surface area contributed by atoms with Gasteiger partial charge in [-0.25, -0.2) is 0 Å². The van der Waals surface area contributed by atoms with Crippen LogP contribution in [-0.4, -0.2) is 51.7 Å². The normalized spacial score (nSPS) is 17.1. The second-order valence-electron chi connectivity index (χ2n) is 7.04. The second kappa shape index (κ2) is 6.98. The van der Waals surface area contributed by atoms with Crippen molar-refractivity contribution in [3.05, 3.63) is 52.9 Å². The lowest BCUT2D eigenvalue weighted by Crippen LogP contribution is -2.38. The molecule has 2 aliphatic rings. The van der Waals surface area contributed by atoms with Crippen LogP contribution in [0.3, 0.4) is 0 Å². The van der Waals surface area contributed by atoms with E-state index in [2.05, 4.69) is 10.2 Å². The second-order valence-corrected chi connectivity index (χ2v) is 7.44. The maximum absolute atomic E-state index is 13.0. The van der Waals surface area contributed by atoms with Crippen molar-refractivity contribution in [1.82, 2.24) is 19.5 Å². The van der Waals surface area contributed by atoms with Gasteiger partial charge < -0.3 is 14.4 Å². The Morgan fingerprint density at radius 2 is 1.93 bits per heavy atom. The standard InChI is InChI=1S/C20H19ClN4O3/c21-15-11-14(12-16-18(15)28-10-9-27-16)20(26)24-7-4-13(5-8-24)19-23-22-17-3-1-2-6-25(17)19/h1-3,6,11-13H,4-5,7-10H2. The number of piperidine rings is 1. The van der Waals surface area contributed by atoms with Crippen molar-refractivity contribution in [3.8, 4) is 11.5 Å². The van der Waals surface area contributed by atoms with E-state index in [-0.39, 0.29) is 11.8 Å². The summed E-state index contributed by atoms with van der Waals surface area (Å²) in [6.07, 6.45) is 3.68. The first-order chi connectivity index (χ1) is 13.7. The third kappa shape index (κ3) is 2.96. The zero-order valence-corrected chi connectivity index (χ0v) is 15.9. The van der Waals surface area contributed by atoms with E-state index in [1.807, 2.05) is 33.7 Å². The van der Waals surface area contributed by atoms with Gasteiger partial charge >= 0.3 is 0 Å². The Morgan fingerprint density at radius 3 is 2.79 bits per heavy atom. The number of ether oxygens (including phenoxy) is 2. The highest BCUT2D eigenvalue weighted by Gasteiger charge is 2.28. The molecule has 0 N–H and O–H groups in total. The van der Waals surface area contributed by atoms with E-state index in [0.29, 0.717) is 48.4 Å². The van der Waals surface area contributed by atoms with Crippen molar-refractivity contribution in [3.63, 3.8) is 0 Å². The van der Waals surface area contributed by atoms with Crippen molar-refractivity contribution >= 4 is 23.2 Å². The van der Waals surface area contributed by atoms with Gasteiger partial charge in [0.2, 0.25) is 0 Å². The summed E-state index contributed by atoms with van der Waals surface area (Å²) in [6, 6.07) is 9.26. The molecule has 7 nitrogen and oxygen atoms in total. The first-order valence-electron chi connectivity index (χ1n) is 9.39.